The summed E-state index contributed by atoms with van der Waals surface area (Å²) in [6.45, 7) is 7.87. The van der Waals surface area contributed by atoms with Crippen LogP contribution in [0.15, 0.2) is 18.2 Å². The lowest BCUT2D eigenvalue weighted by Crippen LogP contribution is -2.51. The lowest BCUT2D eigenvalue weighted by Gasteiger charge is -2.28. The van der Waals surface area contributed by atoms with Crippen LogP contribution in [0.25, 0.3) is 0 Å². The predicted octanol–water partition coefficient (Wildman–Crippen LogP) is 1.41. The van der Waals surface area contributed by atoms with Crippen molar-refractivity contribution >= 4 is 5.91 Å². The third kappa shape index (κ3) is 8.46. The molecular formula is C20H31N3O8. The van der Waals surface area contributed by atoms with Crippen LogP contribution in [0.1, 0.15) is 40.5 Å². The van der Waals surface area contributed by atoms with Crippen LogP contribution in [0, 0.1) is 10.1 Å². The van der Waals surface area contributed by atoms with Gasteiger partial charge in [0.1, 0.15) is 12.7 Å². The number of nitrogens with one attached hydrogen (secondary N) is 2. The van der Waals surface area contributed by atoms with Crippen molar-refractivity contribution in [1.29, 1.82) is 0 Å². The fraction of sp³-hybridized carbons (Fsp3) is 0.650. The number of ether oxygens (including phenoxy) is 3. The number of para-hydroxylation sites is 1. The molecule has 11 heteroatoms. The van der Waals surface area contributed by atoms with E-state index in [4.69, 9.17) is 14.2 Å². The number of β-amino-alcohol motifs (C(OH)–C–C–N with tert-alkyl or cyclic N) is 1. The molecule has 0 bridgehead atoms. The van der Waals surface area contributed by atoms with Gasteiger partial charge in [-0.2, -0.15) is 0 Å². The molecule has 0 radical (unpaired) electrons. The first-order chi connectivity index (χ1) is 14.5. The Morgan fingerprint density at radius 2 is 2.10 bits per heavy atom. The molecule has 1 amide bonds. The van der Waals surface area contributed by atoms with Gasteiger partial charge in [0.2, 0.25) is 17.4 Å². The summed E-state index contributed by atoms with van der Waals surface area (Å²) < 4.78 is 17.1. The van der Waals surface area contributed by atoms with Crippen LogP contribution in [-0.2, 0) is 9.63 Å². The minimum absolute atomic E-state index is 0.0477. The van der Waals surface area contributed by atoms with E-state index in [-0.39, 0.29) is 38.5 Å². The Labute approximate surface area is 181 Å². The van der Waals surface area contributed by atoms with Crippen LogP contribution in [0.5, 0.6) is 17.2 Å². The van der Waals surface area contributed by atoms with E-state index in [1.807, 2.05) is 13.8 Å². The van der Waals surface area contributed by atoms with Gasteiger partial charge >= 0.3 is 0 Å². The van der Waals surface area contributed by atoms with Gasteiger partial charge in [-0.25, -0.2) is 0 Å². The monoisotopic (exact) mass is 441 g/mol. The highest BCUT2D eigenvalue weighted by molar-refractivity contribution is 5.75. The van der Waals surface area contributed by atoms with Gasteiger partial charge < -0.3 is 34.8 Å². The van der Waals surface area contributed by atoms with Crippen LogP contribution in [-0.4, -0.2) is 59.8 Å². The second-order valence-corrected chi connectivity index (χ2v) is 8.35. The zero-order chi connectivity index (χ0) is 23.1. The Hall–Kier alpha value is -2.79. The number of carbonyl (C=O) groups is 1. The van der Waals surface area contributed by atoms with Crippen molar-refractivity contribution in [1.82, 2.24) is 10.6 Å². The van der Waals surface area contributed by atoms with Crippen molar-refractivity contribution in [3.8, 4) is 17.2 Å². The van der Waals surface area contributed by atoms with Gasteiger partial charge in [0.25, 0.3) is 5.09 Å². The molecule has 1 aliphatic heterocycles. The number of nitrogens with zero attached hydrogens (tertiary/aromatic N) is 1. The second kappa shape index (κ2) is 10.5. The van der Waals surface area contributed by atoms with Crippen LogP contribution >= 0.6 is 0 Å². The minimum atomic E-state index is -0.882. The maximum absolute atomic E-state index is 11.8. The molecule has 1 aliphatic rings. The smallest absolute Gasteiger partial charge is 0.294 e. The molecule has 3 N–H and O–H groups in total. The third-order valence-electron chi connectivity index (χ3n) is 4.37. The van der Waals surface area contributed by atoms with E-state index in [0.29, 0.717) is 23.8 Å². The van der Waals surface area contributed by atoms with E-state index in [1.165, 1.54) is 0 Å². The molecule has 0 saturated heterocycles. The fourth-order valence-electron chi connectivity index (χ4n) is 2.80. The first kappa shape index (κ1) is 24.5. The third-order valence-corrected chi connectivity index (χ3v) is 4.37. The van der Waals surface area contributed by atoms with Crippen molar-refractivity contribution < 1.29 is 34.0 Å². The van der Waals surface area contributed by atoms with Crippen LogP contribution in [0.2, 0.25) is 0 Å². The van der Waals surface area contributed by atoms with Gasteiger partial charge in [0.15, 0.2) is 11.5 Å². The predicted molar refractivity (Wildman–Crippen MR) is 111 cm³/mol. The summed E-state index contributed by atoms with van der Waals surface area (Å²) in [5.74, 6) is 0.607. The van der Waals surface area contributed by atoms with Gasteiger partial charge in [-0.3, -0.25) is 4.79 Å². The number of hydrogen-bond acceptors (Lipinski definition) is 9. The molecule has 0 aromatic heterocycles. The van der Waals surface area contributed by atoms with Crippen molar-refractivity contribution in [2.75, 3.05) is 26.3 Å². The molecule has 1 aromatic rings. The minimum Gasteiger partial charge on any atom is -0.487 e. The second-order valence-electron chi connectivity index (χ2n) is 8.35. The Bertz CT molecular complexity index is 769. The first-order valence-corrected chi connectivity index (χ1v) is 10.1. The van der Waals surface area contributed by atoms with Gasteiger partial charge in [-0.1, -0.05) is 6.07 Å². The van der Waals surface area contributed by atoms with Crippen LogP contribution in [0.3, 0.4) is 0 Å². The number of amides is 1. The Kier molecular flexibility index (Phi) is 8.28. The number of aliphatic hydroxyl groups excluding tert-OH is 1. The Morgan fingerprint density at radius 3 is 2.81 bits per heavy atom. The van der Waals surface area contributed by atoms with E-state index in [2.05, 4.69) is 15.5 Å². The summed E-state index contributed by atoms with van der Waals surface area (Å²) in [6.07, 6.45) is -0.406. The van der Waals surface area contributed by atoms with E-state index in [0.717, 1.165) is 0 Å². The van der Waals surface area contributed by atoms with E-state index >= 15 is 0 Å². The van der Waals surface area contributed by atoms with Crippen molar-refractivity contribution in [2.24, 2.45) is 0 Å². The van der Waals surface area contributed by atoms with Crippen molar-refractivity contribution in [2.45, 2.75) is 58.0 Å². The van der Waals surface area contributed by atoms with Gasteiger partial charge in [-0.15, -0.1) is 10.1 Å². The number of aliphatic hydroxyl groups is 1. The molecule has 1 atom stereocenters. The number of benzene rings is 1. The first-order valence-electron chi connectivity index (χ1n) is 10.1. The SMILES string of the molecule is CC(C)(CNC(=O)CCCO[N+](=O)[O-])NCC(O)COc1cccc2c1OC(C)(C)O2. The highest BCUT2D eigenvalue weighted by Gasteiger charge is 2.34. The molecule has 31 heavy (non-hydrogen) atoms. The van der Waals surface area contributed by atoms with E-state index in [9.17, 15) is 20.0 Å². The van der Waals surface area contributed by atoms with Crippen LogP contribution in [0.4, 0.5) is 0 Å². The molecule has 0 saturated carbocycles. The average Bonchev–Trinajstić information content (AvgIpc) is 3.01. The lowest BCUT2D eigenvalue weighted by molar-refractivity contribution is -0.757. The maximum atomic E-state index is 11.8. The largest absolute Gasteiger partial charge is 0.487 e. The van der Waals surface area contributed by atoms with Gasteiger partial charge in [0, 0.05) is 38.9 Å². The molecule has 1 unspecified atom stereocenters. The molecule has 1 heterocycles. The number of carbonyl (C=O) groups excluding carboxylic acids is 1. The number of fused-ring (bicyclic) bond motifs is 1. The van der Waals surface area contributed by atoms with Crippen molar-refractivity contribution in [3.05, 3.63) is 28.3 Å². The molecule has 1 aromatic carbocycles. The zero-order valence-corrected chi connectivity index (χ0v) is 18.3. The summed E-state index contributed by atoms with van der Waals surface area (Å²) in [5, 5.41) is 25.4. The molecular weight excluding hydrogens is 410 g/mol. The lowest BCUT2D eigenvalue weighted by atomic mass is 10.1. The van der Waals surface area contributed by atoms with E-state index in [1.54, 1.807) is 32.0 Å². The molecule has 11 nitrogen and oxygen atoms in total. The topological polar surface area (TPSA) is 141 Å². The maximum Gasteiger partial charge on any atom is 0.294 e. The summed E-state index contributed by atoms with van der Waals surface area (Å²) in [6, 6.07) is 5.33. The summed E-state index contributed by atoms with van der Waals surface area (Å²) in [4.78, 5) is 26.0. The highest BCUT2D eigenvalue weighted by atomic mass is 16.9. The summed E-state index contributed by atoms with van der Waals surface area (Å²) >= 11 is 0. The molecule has 0 aliphatic carbocycles. The average molecular weight is 441 g/mol. The zero-order valence-electron chi connectivity index (χ0n) is 18.3. The van der Waals surface area contributed by atoms with Crippen molar-refractivity contribution in [3.63, 3.8) is 0 Å². The Balaban J connectivity index is 1.69. The molecule has 0 fully saturated rings. The van der Waals surface area contributed by atoms with Gasteiger partial charge in [0.05, 0.1) is 6.61 Å². The fourth-order valence-corrected chi connectivity index (χ4v) is 2.80. The van der Waals surface area contributed by atoms with Crippen LogP contribution < -0.4 is 24.8 Å². The summed E-state index contributed by atoms with van der Waals surface area (Å²) in [5.41, 5.74) is -0.483. The van der Waals surface area contributed by atoms with E-state index < -0.39 is 22.5 Å². The number of rotatable bonds is 13. The van der Waals surface area contributed by atoms with Gasteiger partial charge in [-0.05, 0) is 32.4 Å². The summed E-state index contributed by atoms with van der Waals surface area (Å²) in [7, 11) is 0. The standard InChI is InChI=1S/C20H31N3O8/c1-19(2,13-21-17(25)9-6-10-29-23(26)27)22-11-14(24)12-28-15-7-5-8-16-18(15)31-20(3,4)30-16/h5,7-8,14,22,24H,6,9-13H2,1-4H3,(H,21,25). The molecule has 174 valence electrons. The normalized spacial score (nSPS) is 15.3. The molecule has 0 spiro atoms. The highest BCUT2D eigenvalue weighted by Crippen LogP contribution is 2.45. The Morgan fingerprint density at radius 1 is 1.35 bits per heavy atom. The molecule has 2 rings (SSSR count). The number of hydrogen-bond donors (Lipinski definition) is 3. The quantitative estimate of drug-likeness (QED) is 0.235.